The summed E-state index contributed by atoms with van der Waals surface area (Å²) < 4.78 is 11.0. The summed E-state index contributed by atoms with van der Waals surface area (Å²) in [4.78, 5) is 5.29. The Bertz CT molecular complexity index is 456. The molecule has 2 saturated heterocycles. The Morgan fingerprint density at radius 3 is 2.32 bits per heavy atom. The van der Waals surface area contributed by atoms with Crippen LogP contribution in [0.2, 0.25) is 0 Å². The monoisotopic (exact) mass is 346 g/mol. The zero-order chi connectivity index (χ0) is 17.2. The topological polar surface area (TPSA) is 24.9 Å². The summed E-state index contributed by atoms with van der Waals surface area (Å²) >= 11 is 0. The molecule has 2 heterocycles. The van der Waals surface area contributed by atoms with E-state index in [1.807, 2.05) is 0 Å². The van der Waals surface area contributed by atoms with Gasteiger partial charge in [-0.05, 0) is 57.3 Å². The van der Waals surface area contributed by atoms with Gasteiger partial charge < -0.3 is 14.4 Å². The van der Waals surface area contributed by atoms with Crippen molar-refractivity contribution >= 4 is 0 Å². The first-order valence-electron chi connectivity index (χ1n) is 10.1. The van der Waals surface area contributed by atoms with E-state index in [0.29, 0.717) is 6.04 Å². The predicted octanol–water partition coefficient (Wildman–Crippen LogP) is 2.82. The van der Waals surface area contributed by atoms with Crippen molar-refractivity contribution in [3.8, 4) is 0 Å². The zero-order valence-electron chi connectivity index (χ0n) is 15.6. The molecule has 0 unspecified atom stereocenters. The molecule has 1 aromatic carbocycles. The molecule has 0 radical (unpaired) electrons. The van der Waals surface area contributed by atoms with Gasteiger partial charge in [0.1, 0.15) is 0 Å². The molecule has 0 saturated carbocycles. The first-order valence-corrected chi connectivity index (χ1v) is 10.1. The molecule has 4 nitrogen and oxygen atoms in total. The van der Waals surface area contributed by atoms with Gasteiger partial charge in [0.15, 0.2) is 0 Å². The average Bonchev–Trinajstić information content (AvgIpc) is 2.69. The molecule has 1 aromatic rings. The highest BCUT2D eigenvalue weighted by molar-refractivity contribution is 5.14. The highest BCUT2D eigenvalue weighted by atomic mass is 16.5. The second-order valence-corrected chi connectivity index (χ2v) is 7.28. The molecule has 2 fully saturated rings. The number of rotatable bonds is 9. The Labute approximate surface area is 153 Å². The molecule has 0 N–H and O–H groups in total. The Kier molecular flexibility index (Phi) is 8.23. The van der Waals surface area contributed by atoms with E-state index in [4.69, 9.17) is 9.47 Å². The van der Waals surface area contributed by atoms with Crippen LogP contribution in [-0.2, 0) is 15.9 Å². The van der Waals surface area contributed by atoms with E-state index < -0.39 is 0 Å². The Morgan fingerprint density at radius 2 is 1.56 bits per heavy atom. The van der Waals surface area contributed by atoms with Crippen LogP contribution in [0.25, 0.3) is 0 Å². The van der Waals surface area contributed by atoms with Gasteiger partial charge in [0.05, 0.1) is 13.2 Å². The van der Waals surface area contributed by atoms with Gasteiger partial charge >= 0.3 is 0 Å². The fraction of sp³-hybridized carbons (Fsp3) is 0.714. The molecule has 0 amide bonds. The molecule has 2 aliphatic rings. The summed E-state index contributed by atoms with van der Waals surface area (Å²) in [5, 5.41) is 0. The fourth-order valence-corrected chi connectivity index (χ4v) is 3.98. The fourth-order valence-electron chi connectivity index (χ4n) is 3.98. The van der Waals surface area contributed by atoms with Crippen LogP contribution in [0.15, 0.2) is 30.3 Å². The Morgan fingerprint density at radius 1 is 0.880 bits per heavy atom. The molecule has 0 aliphatic carbocycles. The maximum atomic E-state index is 5.57. The minimum Gasteiger partial charge on any atom is -0.381 e. The van der Waals surface area contributed by atoms with Crippen LogP contribution in [0.5, 0.6) is 0 Å². The number of hydrogen-bond donors (Lipinski definition) is 0. The molecule has 3 rings (SSSR count). The molecular weight excluding hydrogens is 312 g/mol. The highest BCUT2D eigenvalue weighted by Crippen LogP contribution is 2.16. The number of aryl methyl sites for hydroxylation is 1. The lowest BCUT2D eigenvalue weighted by atomic mass is 10.0. The zero-order valence-corrected chi connectivity index (χ0v) is 15.6. The van der Waals surface area contributed by atoms with Gasteiger partial charge in [-0.15, -0.1) is 0 Å². The molecule has 140 valence electrons. The maximum absolute atomic E-state index is 5.57. The summed E-state index contributed by atoms with van der Waals surface area (Å²) in [5.74, 6) is 0. The van der Waals surface area contributed by atoms with Crippen LogP contribution in [0.3, 0.4) is 0 Å². The second kappa shape index (κ2) is 10.9. The van der Waals surface area contributed by atoms with Crippen molar-refractivity contribution in [3.63, 3.8) is 0 Å². The first kappa shape index (κ1) is 18.8. The molecule has 0 bridgehead atoms. The van der Waals surface area contributed by atoms with E-state index in [9.17, 15) is 0 Å². The van der Waals surface area contributed by atoms with Gasteiger partial charge in [-0.3, -0.25) is 4.90 Å². The standard InChI is InChI=1S/C21H34N2O2/c1-2-6-20(7-3-1)8-4-12-23(21-9-16-24-17-10-21)13-5-11-22-14-18-25-19-15-22/h1-3,6-7,21H,4-5,8-19H2. The molecular formula is C21H34N2O2. The van der Waals surface area contributed by atoms with Gasteiger partial charge in [-0.25, -0.2) is 0 Å². The number of hydrogen-bond acceptors (Lipinski definition) is 4. The molecule has 0 atom stereocenters. The average molecular weight is 347 g/mol. The minimum absolute atomic E-state index is 0.717. The minimum atomic E-state index is 0.717. The largest absolute Gasteiger partial charge is 0.381 e. The highest BCUT2D eigenvalue weighted by Gasteiger charge is 2.21. The van der Waals surface area contributed by atoms with Crippen molar-refractivity contribution in [1.29, 1.82) is 0 Å². The smallest absolute Gasteiger partial charge is 0.0594 e. The lowest BCUT2D eigenvalue weighted by Crippen LogP contribution is -2.42. The van der Waals surface area contributed by atoms with E-state index in [1.54, 1.807) is 0 Å². The van der Waals surface area contributed by atoms with Crippen molar-refractivity contribution in [2.75, 3.05) is 59.2 Å². The predicted molar refractivity (Wildman–Crippen MR) is 102 cm³/mol. The maximum Gasteiger partial charge on any atom is 0.0594 e. The van der Waals surface area contributed by atoms with E-state index in [2.05, 4.69) is 40.1 Å². The van der Waals surface area contributed by atoms with Crippen LogP contribution in [0, 0.1) is 0 Å². The van der Waals surface area contributed by atoms with E-state index in [-0.39, 0.29) is 0 Å². The van der Waals surface area contributed by atoms with Crippen molar-refractivity contribution in [2.24, 2.45) is 0 Å². The molecule has 2 aliphatic heterocycles. The summed E-state index contributed by atoms with van der Waals surface area (Å²) in [6.07, 6.45) is 6.09. The van der Waals surface area contributed by atoms with E-state index in [0.717, 1.165) is 39.5 Å². The third-order valence-electron chi connectivity index (χ3n) is 5.48. The first-order chi connectivity index (χ1) is 12.4. The van der Waals surface area contributed by atoms with Crippen LogP contribution < -0.4 is 0 Å². The normalized spacial score (nSPS) is 20.2. The van der Waals surface area contributed by atoms with Crippen LogP contribution in [0.1, 0.15) is 31.2 Å². The van der Waals surface area contributed by atoms with Crippen molar-refractivity contribution in [3.05, 3.63) is 35.9 Å². The van der Waals surface area contributed by atoms with Crippen LogP contribution in [0.4, 0.5) is 0 Å². The third kappa shape index (κ3) is 6.70. The lowest BCUT2D eigenvalue weighted by molar-refractivity contribution is 0.0237. The number of nitrogens with zero attached hydrogens (tertiary/aromatic N) is 2. The summed E-state index contributed by atoms with van der Waals surface area (Å²) in [6, 6.07) is 11.6. The summed E-state index contributed by atoms with van der Waals surface area (Å²) in [6.45, 7) is 9.52. The van der Waals surface area contributed by atoms with Crippen molar-refractivity contribution in [2.45, 2.75) is 38.1 Å². The van der Waals surface area contributed by atoms with Gasteiger partial charge in [-0.1, -0.05) is 30.3 Å². The number of ether oxygens (including phenoxy) is 2. The van der Waals surface area contributed by atoms with E-state index >= 15 is 0 Å². The molecule has 4 heteroatoms. The Balaban J connectivity index is 1.42. The molecule has 0 spiro atoms. The van der Waals surface area contributed by atoms with Crippen molar-refractivity contribution < 1.29 is 9.47 Å². The quantitative estimate of drug-likeness (QED) is 0.686. The Hall–Kier alpha value is -0.940. The van der Waals surface area contributed by atoms with Gasteiger partial charge in [-0.2, -0.15) is 0 Å². The van der Waals surface area contributed by atoms with Gasteiger partial charge in [0.2, 0.25) is 0 Å². The van der Waals surface area contributed by atoms with Gasteiger partial charge in [0.25, 0.3) is 0 Å². The SMILES string of the molecule is c1ccc(CCCN(CCCN2CCOCC2)C2CCOCC2)cc1. The van der Waals surface area contributed by atoms with E-state index in [1.165, 1.54) is 57.3 Å². The van der Waals surface area contributed by atoms with Crippen LogP contribution >= 0.6 is 0 Å². The molecule has 25 heavy (non-hydrogen) atoms. The lowest BCUT2D eigenvalue weighted by Gasteiger charge is -2.35. The molecule has 0 aromatic heterocycles. The summed E-state index contributed by atoms with van der Waals surface area (Å²) in [7, 11) is 0. The second-order valence-electron chi connectivity index (χ2n) is 7.28. The summed E-state index contributed by atoms with van der Waals surface area (Å²) in [5.41, 5.74) is 1.46. The van der Waals surface area contributed by atoms with Crippen LogP contribution in [-0.4, -0.2) is 75.0 Å². The number of morpholine rings is 1. The third-order valence-corrected chi connectivity index (χ3v) is 5.48. The van der Waals surface area contributed by atoms with Gasteiger partial charge in [0, 0.05) is 32.3 Å². The van der Waals surface area contributed by atoms with Crippen molar-refractivity contribution in [1.82, 2.24) is 9.80 Å². The number of benzene rings is 1.